The normalized spacial score (nSPS) is 17.5. The van der Waals surface area contributed by atoms with Gasteiger partial charge in [0.2, 0.25) is 5.91 Å². The van der Waals surface area contributed by atoms with Crippen molar-refractivity contribution in [2.24, 2.45) is 5.92 Å². The highest BCUT2D eigenvalue weighted by atomic mass is 32.2. The largest absolute Gasteiger partial charge is 0.434 e. The predicted molar refractivity (Wildman–Crippen MR) is 171 cm³/mol. The first-order valence-electron chi connectivity index (χ1n) is 15.7. The number of carbonyl (C=O) groups excluding carboxylic acids is 2. The number of amides is 2. The molecule has 0 radical (unpaired) electrons. The van der Waals surface area contributed by atoms with Gasteiger partial charge in [-0.25, -0.2) is 9.50 Å². The molecule has 0 aliphatic carbocycles. The Hall–Kier alpha value is -4.28. The van der Waals surface area contributed by atoms with Crippen LogP contribution in [0.1, 0.15) is 23.2 Å². The van der Waals surface area contributed by atoms with E-state index in [1.165, 1.54) is 21.5 Å². The van der Waals surface area contributed by atoms with E-state index in [9.17, 15) is 18.4 Å². The van der Waals surface area contributed by atoms with Gasteiger partial charge in [-0.1, -0.05) is 0 Å². The van der Waals surface area contributed by atoms with Gasteiger partial charge in [0.05, 0.1) is 30.8 Å². The van der Waals surface area contributed by atoms with E-state index in [2.05, 4.69) is 30.7 Å². The van der Waals surface area contributed by atoms with Gasteiger partial charge < -0.3 is 25.0 Å². The van der Waals surface area contributed by atoms with Gasteiger partial charge in [0.25, 0.3) is 5.91 Å². The molecule has 3 aliphatic rings. The Morgan fingerprint density at radius 3 is 2.81 bits per heavy atom. The number of thioether (sulfide) groups is 1. The summed E-state index contributed by atoms with van der Waals surface area (Å²) in [7, 11) is 0. The van der Waals surface area contributed by atoms with Gasteiger partial charge in [0, 0.05) is 80.1 Å². The summed E-state index contributed by atoms with van der Waals surface area (Å²) in [5, 5.41) is 14.9. The number of aromatic nitrogens is 5. The number of hydrogen-bond donors (Lipinski definition) is 2. The van der Waals surface area contributed by atoms with Crippen LogP contribution >= 0.6 is 11.8 Å². The van der Waals surface area contributed by atoms with Crippen molar-refractivity contribution in [1.29, 1.82) is 0 Å². The lowest BCUT2D eigenvalue weighted by molar-refractivity contribution is -0.133. The van der Waals surface area contributed by atoms with E-state index in [4.69, 9.17) is 9.47 Å². The maximum Gasteiger partial charge on any atom is 0.387 e. The number of halogens is 2. The average Bonchev–Trinajstić information content (AvgIpc) is 3.69. The molecule has 13 nitrogen and oxygen atoms in total. The first-order chi connectivity index (χ1) is 22.9. The van der Waals surface area contributed by atoms with Crippen molar-refractivity contribution in [2.75, 3.05) is 68.9 Å². The Kier molecular flexibility index (Phi) is 9.22. The monoisotopic (exact) mass is 667 g/mol. The molecule has 47 heavy (non-hydrogen) atoms. The van der Waals surface area contributed by atoms with E-state index in [1.807, 2.05) is 4.90 Å². The first kappa shape index (κ1) is 31.3. The van der Waals surface area contributed by atoms with Crippen LogP contribution in [0.2, 0.25) is 0 Å². The fourth-order valence-corrected chi connectivity index (χ4v) is 7.18. The molecule has 2 N–H and O–H groups in total. The molecule has 2 amide bonds. The van der Waals surface area contributed by atoms with Gasteiger partial charge in [-0.3, -0.25) is 19.2 Å². The standard InChI is InChI=1S/C31H35F2N9O4S/c32-31(33)46-25-15-23-26(47-13-5-34-23)14-21(25)28-24(37-30(44)22-16-36-42-6-1-4-35-29(22)42)18-41(38-28)19-27(43)40-7-2-20(3-8-40)17-39-9-11-45-12-10-39/h1,4,6,14-16,18,20,31,34H,2-3,5,7-13,17,19H2,(H,37,44). The zero-order valence-corrected chi connectivity index (χ0v) is 26.4. The van der Waals surface area contributed by atoms with E-state index in [-0.39, 0.29) is 40.7 Å². The molecule has 0 bridgehead atoms. The summed E-state index contributed by atoms with van der Waals surface area (Å²) in [6.07, 6.45) is 8.01. The number of piperidine rings is 1. The van der Waals surface area contributed by atoms with Crippen LogP contribution in [-0.2, 0) is 16.1 Å². The van der Waals surface area contributed by atoms with Crippen molar-refractivity contribution in [3.05, 3.63) is 48.5 Å². The SMILES string of the molecule is O=C(Nc1cn(CC(=O)N2CCC(CN3CCOCC3)CC2)nc1-c1cc2c(cc1OC(F)F)NCCS2)c1cnn2cccnc12. The fraction of sp³-hybridized carbons (Fsp3) is 0.452. The molecule has 7 rings (SSSR count). The Balaban J connectivity index is 1.15. The molecule has 1 aromatic carbocycles. The minimum atomic E-state index is -3.08. The number of nitrogens with zero attached hydrogens (tertiary/aromatic N) is 7. The van der Waals surface area contributed by atoms with E-state index >= 15 is 0 Å². The van der Waals surface area contributed by atoms with Crippen molar-refractivity contribution in [2.45, 2.75) is 30.9 Å². The molecule has 4 aromatic rings. The smallest absolute Gasteiger partial charge is 0.387 e. The number of benzene rings is 1. The van der Waals surface area contributed by atoms with Crippen molar-refractivity contribution in [3.8, 4) is 17.0 Å². The van der Waals surface area contributed by atoms with Crippen LogP contribution in [0.25, 0.3) is 16.9 Å². The summed E-state index contributed by atoms with van der Waals surface area (Å²) in [4.78, 5) is 36.4. The second kappa shape index (κ2) is 13.8. The molecular weight excluding hydrogens is 632 g/mol. The van der Waals surface area contributed by atoms with Gasteiger partial charge in [0.15, 0.2) is 5.65 Å². The summed E-state index contributed by atoms with van der Waals surface area (Å²) in [6.45, 7) is 3.23. The molecule has 16 heteroatoms. The molecule has 2 saturated heterocycles. The molecule has 248 valence electrons. The number of carbonyl (C=O) groups is 2. The predicted octanol–water partition coefficient (Wildman–Crippen LogP) is 3.53. The summed E-state index contributed by atoms with van der Waals surface area (Å²) in [6, 6.07) is 4.94. The van der Waals surface area contributed by atoms with Crippen molar-refractivity contribution >= 4 is 40.6 Å². The van der Waals surface area contributed by atoms with Crippen LogP contribution < -0.4 is 15.4 Å². The lowest BCUT2D eigenvalue weighted by Gasteiger charge is -2.36. The number of nitrogens with one attached hydrogen (secondary N) is 2. The van der Waals surface area contributed by atoms with E-state index in [0.29, 0.717) is 36.9 Å². The maximum atomic E-state index is 13.6. The highest BCUT2D eigenvalue weighted by Crippen LogP contribution is 2.43. The molecule has 0 spiro atoms. The van der Waals surface area contributed by atoms with Crippen molar-refractivity contribution < 1.29 is 27.8 Å². The van der Waals surface area contributed by atoms with Crippen LogP contribution in [-0.4, -0.2) is 111 Å². The van der Waals surface area contributed by atoms with Gasteiger partial charge in [0.1, 0.15) is 23.6 Å². The summed E-state index contributed by atoms with van der Waals surface area (Å²) < 4.78 is 40.6. The Morgan fingerprint density at radius 1 is 1.17 bits per heavy atom. The Morgan fingerprint density at radius 2 is 2.00 bits per heavy atom. The number of fused-ring (bicyclic) bond motifs is 2. The quantitative estimate of drug-likeness (QED) is 0.273. The number of hydrogen-bond acceptors (Lipinski definition) is 10. The van der Waals surface area contributed by atoms with E-state index < -0.39 is 12.5 Å². The van der Waals surface area contributed by atoms with Crippen molar-refractivity contribution in [3.63, 3.8) is 0 Å². The van der Waals surface area contributed by atoms with Gasteiger partial charge in [-0.05, 0) is 30.9 Å². The topological polar surface area (TPSA) is 131 Å². The average molecular weight is 668 g/mol. The molecule has 6 heterocycles. The molecule has 3 aromatic heterocycles. The third kappa shape index (κ3) is 7.04. The van der Waals surface area contributed by atoms with Gasteiger partial charge in [-0.2, -0.15) is 19.0 Å². The molecule has 3 aliphatic heterocycles. The zero-order chi connectivity index (χ0) is 32.3. The van der Waals surface area contributed by atoms with Gasteiger partial charge >= 0.3 is 6.61 Å². The fourth-order valence-electron chi connectivity index (χ4n) is 6.26. The molecular formula is C31H35F2N9O4S. The Bertz CT molecular complexity index is 1750. The second-order valence-corrected chi connectivity index (χ2v) is 12.9. The first-order valence-corrected chi connectivity index (χ1v) is 16.6. The van der Waals surface area contributed by atoms with E-state index in [1.54, 1.807) is 42.5 Å². The van der Waals surface area contributed by atoms with Crippen LogP contribution in [0.5, 0.6) is 5.75 Å². The minimum absolute atomic E-state index is 0.0818. The Labute approximate surface area is 273 Å². The zero-order valence-electron chi connectivity index (χ0n) is 25.6. The number of anilines is 2. The maximum absolute atomic E-state index is 13.6. The highest BCUT2D eigenvalue weighted by Gasteiger charge is 2.28. The van der Waals surface area contributed by atoms with Gasteiger partial charge in [-0.15, -0.1) is 11.8 Å². The second-order valence-electron chi connectivity index (χ2n) is 11.7. The van der Waals surface area contributed by atoms with Crippen LogP contribution in [0.3, 0.4) is 0 Å². The van der Waals surface area contributed by atoms with E-state index in [0.717, 1.165) is 56.3 Å². The number of likely N-dealkylation sites (tertiary alicyclic amines) is 1. The molecule has 0 saturated carbocycles. The molecule has 0 atom stereocenters. The van der Waals surface area contributed by atoms with Crippen molar-refractivity contribution in [1.82, 2.24) is 34.2 Å². The van der Waals surface area contributed by atoms with Crippen LogP contribution in [0.4, 0.5) is 20.2 Å². The number of rotatable bonds is 9. The third-order valence-electron chi connectivity index (χ3n) is 8.65. The van der Waals surface area contributed by atoms with Crippen LogP contribution in [0, 0.1) is 5.92 Å². The molecule has 0 unspecified atom stereocenters. The lowest BCUT2D eigenvalue weighted by atomic mass is 9.96. The number of ether oxygens (including phenoxy) is 2. The highest BCUT2D eigenvalue weighted by molar-refractivity contribution is 7.99. The lowest BCUT2D eigenvalue weighted by Crippen LogP contribution is -2.45. The summed E-state index contributed by atoms with van der Waals surface area (Å²) >= 11 is 1.57. The number of alkyl halides is 2. The summed E-state index contributed by atoms with van der Waals surface area (Å²) in [5.41, 5.74) is 1.94. The summed E-state index contributed by atoms with van der Waals surface area (Å²) in [5.74, 6) is 0.593. The third-order valence-corrected chi connectivity index (χ3v) is 9.70. The molecule has 2 fully saturated rings. The van der Waals surface area contributed by atoms with Crippen LogP contribution in [0.15, 0.2) is 47.9 Å². The minimum Gasteiger partial charge on any atom is -0.434 e. The number of morpholine rings is 1.